The zero-order valence-corrected chi connectivity index (χ0v) is 6.71. The minimum Gasteiger partial charge on any atom is -0.479 e. The molecule has 6 N–H and O–H groups in total. The van der Waals surface area contributed by atoms with Gasteiger partial charge in [0.1, 0.15) is 6.10 Å². The SMILES string of the molecule is NC1=CC(O)(C(=O)O)CC(O)C1O. The van der Waals surface area contributed by atoms with Gasteiger partial charge in [0.05, 0.1) is 6.10 Å². The maximum Gasteiger partial charge on any atom is 0.339 e. The molecule has 3 atom stereocenters. The summed E-state index contributed by atoms with van der Waals surface area (Å²) in [6, 6.07) is 0. The molecule has 74 valence electrons. The molecule has 0 saturated heterocycles. The van der Waals surface area contributed by atoms with Crippen LogP contribution in [0.15, 0.2) is 11.8 Å². The summed E-state index contributed by atoms with van der Waals surface area (Å²) in [6.45, 7) is 0. The maximum atomic E-state index is 10.5. The molecule has 0 aromatic rings. The van der Waals surface area contributed by atoms with E-state index in [2.05, 4.69) is 0 Å². The molecule has 0 aromatic heterocycles. The number of carbonyl (C=O) groups is 1. The topological polar surface area (TPSA) is 124 Å². The molecule has 6 nitrogen and oxygen atoms in total. The third-order valence-electron chi connectivity index (χ3n) is 2.00. The number of aliphatic hydroxyl groups excluding tert-OH is 2. The van der Waals surface area contributed by atoms with Crippen LogP contribution < -0.4 is 5.73 Å². The van der Waals surface area contributed by atoms with Crippen LogP contribution in [0.25, 0.3) is 0 Å². The van der Waals surface area contributed by atoms with E-state index in [1.807, 2.05) is 0 Å². The Kier molecular flexibility index (Phi) is 2.29. The lowest BCUT2D eigenvalue weighted by Crippen LogP contribution is -2.49. The number of rotatable bonds is 1. The van der Waals surface area contributed by atoms with Crippen LogP contribution in [-0.4, -0.2) is 44.2 Å². The Morgan fingerprint density at radius 1 is 1.62 bits per heavy atom. The molecular formula is C7H11NO5. The van der Waals surface area contributed by atoms with Gasteiger partial charge in [-0.25, -0.2) is 4.79 Å². The molecule has 0 saturated carbocycles. The Labute approximate surface area is 73.9 Å². The second-order valence-corrected chi connectivity index (χ2v) is 3.09. The summed E-state index contributed by atoms with van der Waals surface area (Å²) < 4.78 is 0. The number of aliphatic carboxylic acids is 1. The molecule has 1 aliphatic carbocycles. The number of hydrogen-bond donors (Lipinski definition) is 5. The van der Waals surface area contributed by atoms with E-state index in [-0.39, 0.29) is 5.70 Å². The zero-order chi connectivity index (χ0) is 10.2. The number of carboxylic acids is 1. The average molecular weight is 189 g/mol. The molecule has 0 bridgehead atoms. The summed E-state index contributed by atoms with van der Waals surface area (Å²) in [5.74, 6) is -1.50. The van der Waals surface area contributed by atoms with E-state index in [0.717, 1.165) is 6.08 Å². The summed E-state index contributed by atoms with van der Waals surface area (Å²) in [6.07, 6.45) is -2.29. The quantitative estimate of drug-likeness (QED) is 0.318. The normalized spacial score (nSPS) is 39.8. The average Bonchev–Trinajstić information content (AvgIpc) is 2.00. The minimum atomic E-state index is -2.18. The summed E-state index contributed by atoms with van der Waals surface area (Å²) in [5, 5.41) is 36.2. The van der Waals surface area contributed by atoms with Gasteiger partial charge in [-0.3, -0.25) is 0 Å². The van der Waals surface area contributed by atoms with Crippen LogP contribution in [0.4, 0.5) is 0 Å². The van der Waals surface area contributed by atoms with Crippen LogP contribution in [-0.2, 0) is 4.79 Å². The lowest BCUT2D eigenvalue weighted by Gasteiger charge is -2.31. The standard InChI is InChI=1S/C7H11NO5/c8-3-1-7(13,6(11)12)2-4(9)5(3)10/h1,4-5,9-10,13H,2,8H2,(H,11,12). The molecule has 0 heterocycles. The van der Waals surface area contributed by atoms with Crippen LogP contribution in [0, 0.1) is 0 Å². The highest BCUT2D eigenvalue weighted by Gasteiger charge is 2.42. The molecule has 3 unspecified atom stereocenters. The predicted octanol–water partition coefficient (Wildman–Crippen LogP) is -2.23. The first-order valence-corrected chi connectivity index (χ1v) is 3.67. The summed E-state index contributed by atoms with van der Waals surface area (Å²) in [5.41, 5.74) is 2.80. The molecule has 6 heteroatoms. The number of hydrogen-bond acceptors (Lipinski definition) is 5. The molecule has 0 fully saturated rings. The second-order valence-electron chi connectivity index (χ2n) is 3.09. The molecule has 1 rings (SSSR count). The highest BCUT2D eigenvalue weighted by molar-refractivity contribution is 5.80. The van der Waals surface area contributed by atoms with Gasteiger partial charge in [0, 0.05) is 12.1 Å². The summed E-state index contributed by atoms with van der Waals surface area (Å²) in [4.78, 5) is 10.5. The Morgan fingerprint density at radius 3 is 2.54 bits per heavy atom. The van der Waals surface area contributed by atoms with Crippen LogP contribution >= 0.6 is 0 Å². The van der Waals surface area contributed by atoms with Gasteiger partial charge in [0.15, 0.2) is 5.60 Å². The maximum absolute atomic E-state index is 10.5. The molecule has 0 spiro atoms. The van der Waals surface area contributed by atoms with Crippen molar-refractivity contribution in [3.8, 4) is 0 Å². The Balaban J connectivity index is 3.00. The Bertz CT molecular complexity index is 264. The van der Waals surface area contributed by atoms with Crippen LogP contribution in [0.3, 0.4) is 0 Å². The van der Waals surface area contributed by atoms with Crippen molar-refractivity contribution >= 4 is 5.97 Å². The van der Waals surface area contributed by atoms with Crippen molar-refractivity contribution in [1.29, 1.82) is 0 Å². The third kappa shape index (κ3) is 1.64. The first-order valence-electron chi connectivity index (χ1n) is 3.67. The van der Waals surface area contributed by atoms with Gasteiger partial charge in [-0.1, -0.05) is 0 Å². The van der Waals surface area contributed by atoms with Crippen molar-refractivity contribution < 1.29 is 25.2 Å². The van der Waals surface area contributed by atoms with E-state index in [4.69, 9.17) is 21.1 Å². The highest BCUT2D eigenvalue weighted by atomic mass is 16.4. The molecule has 0 aromatic carbocycles. The van der Waals surface area contributed by atoms with E-state index >= 15 is 0 Å². The smallest absolute Gasteiger partial charge is 0.339 e. The van der Waals surface area contributed by atoms with Gasteiger partial charge in [-0.05, 0) is 6.08 Å². The second kappa shape index (κ2) is 2.99. The Hall–Kier alpha value is -1.11. The van der Waals surface area contributed by atoms with Crippen LogP contribution in [0.2, 0.25) is 0 Å². The van der Waals surface area contributed by atoms with Crippen molar-refractivity contribution in [3.05, 3.63) is 11.8 Å². The van der Waals surface area contributed by atoms with Gasteiger partial charge in [-0.15, -0.1) is 0 Å². The van der Waals surface area contributed by atoms with Gasteiger partial charge in [0.2, 0.25) is 0 Å². The predicted molar refractivity (Wildman–Crippen MR) is 41.5 cm³/mol. The largest absolute Gasteiger partial charge is 0.479 e. The van der Waals surface area contributed by atoms with Crippen molar-refractivity contribution in [2.75, 3.05) is 0 Å². The Morgan fingerprint density at radius 2 is 2.15 bits per heavy atom. The first-order chi connectivity index (χ1) is 5.87. The molecule has 1 aliphatic rings. The fourth-order valence-corrected chi connectivity index (χ4v) is 1.22. The molecule has 13 heavy (non-hydrogen) atoms. The number of aliphatic hydroxyl groups is 3. The van der Waals surface area contributed by atoms with Crippen molar-refractivity contribution in [3.63, 3.8) is 0 Å². The van der Waals surface area contributed by atoms with Gasteiger partial charge < -0.3 is 26.2 Å². The lowest BCUT2D eigenvalue weighted by molar-refractivity contribution is -0.158. The highest BCUT2D eigenvalue weighted by Crippen LogP contribution is 2.25. The van der Waals surface area contributed by atoms with Crippen molar-refractivity contribution in [2.24, 2.45) is 5.73 Å². The van der Waals surface area contributed by atoms with Gasteiger partial charge in [-0.2, -0.15) is 0 Å². The molecule has 0 radical (unpaired) electrons. The first kappa shape index (κ1) is 9.97. The van der Waals surface area contributed by atoms with E-state index in [0.29, 0.717) is 0 Å². The van der Waals surface area contributed by atoms with Crippen molar-refractivity contribution in [2.45, 2.75) is 24.2 Å². The van der Waals surface area contributed by atoms with Gasteiger partial charge in [0.25, 0.3) is 0 Å². The van der Waals surface area contributed by atoms with Crippen LogP contribution in [0.5, 0.6) is 0 Å². The van der Waals surface area contributed by atoms with E-state index < -0.39 is 30.2 Å². The fraction of sp³-hybridized carbons (Fsp3) is 0.571. The molecule has 0 amide bonds. The monoisotopic (exact) mass is 189 g/mol. The summed E-state index contributed by atoms with van der Waals surface area (Å²) in [7, 11) is 0. The third-order valence-corrected chi connectivity index (χ3v) is 2.00. The molecule has 0 aliphatic heterocycles. The lowest BCUT2D eigenvalue weighted by atomic mass is 9.86. The van der Waals surface area contributed by atoms with E-state index in [9.17, 15) is 9.90 Å². The van der Waals surface area contributed by atoms with Crippen molar-refractivity contribution in [1.82, 2.24) is 0 Å². The van der Waals surface area contributed by atoms with Gasteiger partial charge >= 0.3 is 5.97 Å². The number of nitrogens with two attached hydrogens (primary N) is 1. The van der Waals surface area contributed by atoms with E-state index in [1.54, 1.807) is 0 Å². The zero-order valence-electron chi connectivity index (χ0n) is 6.71. The van der Waals surface area contributed by atoms with E-state index in [1.165, 1.54) is 0 Å². The summed E-state index contributed by atoms with van der Waals surface area (Å²) >= 11 is 0. The number of carboxylic acid groups (broad SMARTS) is 1. The fourth-order valence-electron chi connectivity index (χ4n) is 1.22. The molecular weight excluding hydrogens is 178 g/mol. The van der Waals surface area contributed by atoms with Crippen LogP contribution in [0.1, 0.15) is 6.42 Å². The minimum absolute atomic E-state index is 0.233.